The van der Waals surface area contributed by atoms with E-state index in [2.05, 4.69) is 10.2 Å². The second-order valence-corrected chi connectivity index (χ2v) is 3.31. The highest BCUT2D eigenvalue weighted by molar-refractivity contribution is 4.69. The summed E-state index contributed by atoms with van der Waals surface area (Å²) in [5, 5.41) is 3.27. The van der Waals surface area contributed by atoms with Gasteiger partial charge in [0.15, 0.2) is 0 Å². The highest BCUT2D eigenvalue weighted by Gasteiger charge is 2.12. The molecule has 66 valence electrons. The van der Waals surface area contributed by atoms with E-state index in [9.17, 15) is 4.39 Å². The monoisotopic (exact) mass is 160 g/mol. The topological polar surface area (TPSA) is 15.3 Å². The molecular weight excluding hydrogens is 143 g/mol. The lowest BCUT2D eigenvalue weighted by Crippen LogP contribution is -2.45. The molecule has 0 aromatic rings. The number of hydrogen-bond donors (Lipinski definition) is 1. The van der Waals surface area contributed by atoms with Gasteiger partial charge in [-0.1, -0.05) is 6.92 Å². The summed E-state index contributed by atoms with van der Waals surface area (Å²) in [5.41, 5.74) is 0. The number of nitrogens with zero attached hydrogens (tertiary/aromatic N) is 1. The first-order valence-electron chi connectivity index (χ1n) is 4.32. The zero-order valence-corrected chi connectivity index (χ0v) is 7.15. The van der Waals surface area contributed by atoms with Crippen LogP contribution in [-0.4, -0.2) is 44.3 Å². The Labute approximate surface area is 67.8 Å². The molecule has 3 heteroatoms. The number of hydrogen-bond acceptors (Lipinski definition) is 2. The molecule has 1 aliphatic rings. The average molecular weight is 160 g/mol. The van der Waals surface area contributed by atoms with Crippen LogP contribution in [-0.2, 0) is 0 Å². The van der Waals surface area contributed by atoms with E-state index in [0.717, 1.165) is 32.7 Å². The average Bonchev–Trinajstić information content (AvgIpc) is 2.06. The van der Waals surface area contributed by atoms with Gasteiger partial charge in [-0.2, -0.15) is 0 Å². The number of rotatable bonds is 3. The molecule has 0 aliphatic carbocycles. The Morgan fingerprint density at radius 2 is 2.09 bits per heavy atom. The van der Waals surface area contributed by atoms with Crippen molar-refractivity contribution in [2.45, 2.75) is 6.92 Å². The molecule has 0 aromatic carbocycles. The third kappa shape index (κ3) is 3.16. The number of nitrogens with one attached hydrogen (secondary N) is 1. The van der Waals surface area contributed by atoms with Crippen LogP contribution < -0.4 is 5.32 Å². The maximum Gasteiger partial charge on any atom is 0.0932 e. The van der Waals surface area contributed by atoms with Crippen LogP contribution in [0.1, 0.15) is 6.92 Å². The fourth-order valence-electron chi connectivity index (χ4n) is 1.38. The molecule has 2 nitrogen and oxygen atoms in total. The van der Waals surface area contributed by atoms with Gasteiger partial charge in [-0.15, -0.1) is 0 Å². The van der Waals surface area contributed by atoms with Crippen LogP contribution in [0.25, 0.3) is 0 Å². The van der Waals surface area contributed by atoms with Crippen LogP contribution in [0.3, 0.4) is 0 Å². The summed E-state index contributed by atoms with van der Waals surface area (Å²) >= 11 is 0. The largest absolute Gasteiger partial charge is 0.314 e. The second-order valence-electron chi connectivity index (χ2n) is 3.31. The SMILES string of the molecule is CC(CF)CN1CCNCC1. The summed E-state index contributed by atoms with van der Waals surface area (Å²) in [4.78, 5) is 2.32. The normalized spacial score (nSPS) is 23.5. The fraction of sp³-hybridized carbons (Fsp3) is 1.00. The first-order valence-corrected chi connectivity index (χ1v) is 4.32. The highest BCUT2D eigenvalue weighted by Crippen LogP contribution is 2.01. The molecule has 0 spiro atoms. The second kappa shape index (κ2) is 4.67. The molecule has 1 saturated heterocycles. The summed E-state index contributed by atoms with van der Waals surface area (Å²) in [6, 6.07) is 0. The van der Waals surface area contributed by atoms with Crippen molar-refractivity contribution in [2.24, 2.45) is 5.92 Å². The van der Waals surface area contributed by atoms with E-state index in [1.54, 1.807) is 0 Å². The van der Waals surface area contributed by atoms with Crippen LogP contribution >= 0.6 is 0 Å². The lowest BCUT2D eigenvalue weighted by atomic mass is 10.2. The van der Waals surface area contributed by atoms with Gasteiger partial charge < -0.3 is 10.2 Å². The molecule has 0 bridgehead atoms. The Balaban J connectivity index is 2.13. The molecule has 1 fully saturated rings. The molecule has 1 rings (SSSR count). The lowest BCUT2D eigenvalue weighted by molar-refractivity contribution is 0.195. The van der Waals surface area contributed by atoms with Crippen LogP contribution in [0.2, 0.25) is 0 Å². The molecule has 0 aromatic heterocycles. The third-order valence-electron chi connectivity index (χ3n) is 2.04. The standard InChI is InChI=1S/C8H17FN2/c1-8(6-9)7-11-4-2-10-3-5-11/h8,10H,2-7H2,1H3. The van der Waals surface area contributed by atoms with Crippen LogP contribution in [0.5, 0.6) is 0 Å². The van der Waals surface area contributed by atoms with E-state index in [0.29, 0.717) is 0 Å². The molecule has 0 radical (unpaired) electrons. The molecule has 11 heavy (non-hydrogen) atoms. The van der Waals surface area contributed by atoms with Crippen molar-refractivity contribution in [3.8, 4) is 0 Å². The van der Waals surface area contributed by atoms with Gasteiger partial charge >= 0.3 is 0 Å². The zero-order chi connectivity index (χ0) is 8.10. The molecule has 1 N–H and O–H groups in total. The minimum absolute atomic E-state index is 0.191. The Hall–Kier alpha value is -0.150. The molecule has 1 atom stereocenters. The van der Waals surface area contributed by atoms with Gasteiger partial charge in [0.2, 0.25) is 0 Å². The fourth-order valence-corrected chi connectivity index (χ4v) is 1.38. The lowest BCUT2D eigenvalue weighted by Gasteiger charge is -2.28. The minimum atomic E-state index is -0.191. The summed E-state index contributed by atoms with van der Waals surface area (Å²) < 4.78 is 12.1. The summed E-state index contributed by atoms with van der Waals surface area (Å²) in [5.74, 6) is 0.202. The minimum Gasteiger partial charge on any atom is -0.314 e. The van der Waals surface area contributed by atoms with E-state index >= 15 is 0 Å². The van der Waals surface area contributed by atoms with Gasteiger partial charge in [0.1, 0.15) is 0 Å². The van der Waals surface area contributed by atoms with Gasteiger partial charge in [0.25, 0.3) is 0 Å². The van der Waals surface area contributed by atoms with Gasteiger partial charge in [-0.25, -0.2) is 0 Å². The van der Waals surface area contributed by atoms with E-state index in [1.807, 2.05) is 6.92 Å². The maximum absolute atomic E-state index is 12.1. The zero-order valence-electron chi connectivity index (χ0n) is 7.15. The number of piperazine rings is 1. The van der Waals surface area contributed by atoms with Crippen molar-refractivity contribution in [3.05, 3.63) is 0 Å². The maximum atomic E-state index is 12.1. The molecule has 1 heterocycles. The van der Waals surface area contributed by atoms with E-state index in [-0.39, 0.29) is 12.6 Å². The third-order valence-corrected chi connectivity index (χ3v) is 2.04. The van der Waals surface area contributed by atoms with Crippen LogP contribution in [0.4, 0.5) is 4.39 Å². The molecule has 1 unspecified atom stereocenters. The van der Waals surface area contributed by atoms with Crippen molar-refractivity contribution in [3.63, 3.8) is 0 Å². The predicted molar refractivity (Wildman–Crippen MR) is 44.4 cm³/mol. The quantitative estimate of drug-likeness (QED) is 0.646. The van der Waals surface area contributed by atoms with E-state index in [1.165, 1.54) is 0 Å². The van der Waals surface area contributed by atoms with E-state index in [4.69, 9.17) is 0 Å². The van der Waals surface area contributed by atoms with Crippen LogP contribution in [0.15, 0.2) is 0 Å². The van der Waals surface area contributed by atoms with Crippen molar-refractivity contribution in [1.82, 2.24) is 10.2 Å². The summed E-state index contributed by atoms with van der Waals surface area (Å²) in [7, 11) is 0. The molecule has 1 aliphatic heterocycles. The summed E-state index contributed by atoms with van der Waals surface area (Å²) in [6.07, 6.45) is 0. The highest BCUT2D eigenvalue weighted by atomic mass is 19.1. The Morgan fingerprint density at radius 1 is 1.45 bits per heavy atom. The summed E-state index contributed by atoms with van der Waals surface area (Å²) in [6.45, 7) is 6.94. The predicted octanol–water partition coefficient (Wildman–Crippen LogP) is 0.497. The molecule has 0 saturated carbocycles. The first-order chi connectivity index (χ1) is 5.33. The van der Waals surface area contributed by atoms with Gasteiger partial charge in [0.05, 0.1) is 6.67 Å². The molecular formula is C8H17FN2. The van der Waals surface area contributed by atoms with Crippen molar-refractivity contribution >= 4 is 0 Å². The Bertz CT molecular complexity index is 102. The smallest absolute Gasteiger partial charge is 0.0932 e. The Morgan fingerprint density at radius 3 is 2.64 bits per heavy atom. The van der Waals surface area contributed by atoms with Crippen LogP contribution in [0, 0.1) is 5.92 Å². The van der Waals surface area contributed by atoms with Crippen molar-refractivity contribution in [2.75, 3.05) is 39.4 Å². The number of alkyl halides is 1. The first kappa shape index (κ1) is 8.94. The van der Waals surface area contributed by atoms with Gasteiger partial charge in [-0.05, 0) is 5.92 Å². The molecule has 0 amide bonds. The van der Waals surface area contributed by atoms with Crippen molar-refractivity contribution < 1.29 is 4.39 Å². The van der Waals surface area contributed by atoms with E-state index < -0.39 is 0 Å². The Kier molecular flexibility index (Phi) is 3.80. The number of halogens is 1. The van der Waals surface area contributed by atoms with Gasteiger partial charge in [-0.3, -0.25) is 4.39 Å². The van der Waals surface area contributed by atoms with Gasteiger partial charge in [0, 0.05) is 32.7 Å². The van der Waals surface area contributed by atoms with Crippen molar-refractivity contribution in [1.29, 1.82) is 0 Å².